The molecule has 4 aromatic rings. The van der Waals surface area contributed by atoms with E-state index < -0.39 is 5.82 Å². The Morgan fingerprint density at radius 2 is 1.97 bits per heavy atom. The molecule has 0 amide bonds. The molecule has 0 saturated carbocycles. The summed E-state index contributed by atoms with van der Waals surface area (Å²) in [5, 5.41) is 23.8. The fourth-order valence-corrected chi connectivity index (χ4v) is 5.51. The first-order valence-corrected chi connectivity index (χ1v) is 13.2. The van der Waals surface area contributed by atoms with Gasteiger partial charge in [0.05, 0.1) is 12.3 Å². The summed E-state index contributed by atoms with van der Waals surface area (Å²) in [5.41, 5.74) is 3.57. The Balaban J connectivity index is 1.63. The molecule has 10 heteroatoms. The van der Waals surface area contributed by atoms with Crippen LogP contribution in [0, 0.1) is 23.0 Å². The average Bonchev–Trinajstić information content (AvgIpc) is 3.37. The lowest BCUT2D eigenvalue weighted by atomic mass is 10.0. The predicted molar refractivity (Wildman–Crippen MR) is 147 cm³/mol. The summed E-state index contributed by atoms with van der Waals surface area (Å²) in [6.45, 7) is 5.94. The number of pyridine rings is 1. The van der Waals surface area contributed by atoms with Gasteiger partial charge in [-0.3, -0.25) is 0 Å². The van der Waals surface area contributed by atoms with E-state index in [1.807, 2.05) is 37.9 Å². The number of hydrogen-bond acceptors (Lipinski definition) is 8. The Hall–Kier alpha value is -3.65. The van der Waals surface area contributed by atoms with Crippen molar-refractivity contribution in [3.8, 4) is 17.3 Å². The number of halogens is 2. The van der Waals surface area contributed by atoms with E-state index in [0.717, 1.165) is 11.4 Å². The molecule has 0 spiro atoms. The summed E-state index contributed by atoms with van der Waals surface area (Å²) in [5.74, 6) is -0.723. The van der Waals surface area contributed by atoms with Gasteiger partial charge in [-0.05, 0) is 48.4 Å². The maximum atomic E-state index is 15.6. The minimum Gasteiger partial charge on any atom is -0.395 e. The smallest absolute Gasteiger partial charge is 0.191 e. The molecule has 1 saturated heterocycles. The van der Waals surface area contributed by atoms with Crippen molar-refractivity contribution in [2.24, 2.45) is 0 Å². The number of benzene rings is 2. The van der Waals surface area contributed by atoms with Crippen molar-refractivity contribution in [3.63, 3.8) is 0 Å². The van der Waals surface area contributed by atoms with Gasteiger partial charge in [0.15, 0.2) is 10.9 Å². The molecule has 1 aliphatic heterocycles. The quantitative estimate of drug-likeness (QED) is 0.353. The lowest BCUT2D eigenvalue weighted by Crippen LogP contribution is -2.52. The number of rotatable bonds is 6. The van der Waals surface area contributed by atoms with Crippen LogP contribution in [-0.2, 0) is 0 Å². The molecule has 7 nitrogen and oxygen atoms in total. The van der Waals surface area contributed by atoms with Gasteiger partial charge in [0.2, 0.25) is 0 Å². The normalized spacial score (nSPS) is 15.7. The standard InChI is InChI=1S/C28H28F2N6OS/c1-16(2)23-12-24(35(3)28-34-26(25(13-31)38-28)17-4-6-18(29)7-5-17)21-10-20(11-22(30)27(21)33-23)36-9-8-32-19(14-36)15-37/h4-7,10-12,16,19,32,37H,8-9,14-15H2,1-3H3/t19-/m0/s1. The highest BCUT2D eigenvalue weighted by atomic mass is 32.1. The Bertz CT molecular complexity index is 1510. The molecule has 1 atom stereocenters. The summed E-state index contributed by atoms with van der Waals surface area (Å²) < 4.78 is 29.1. The van der Waals surface area contributed by atoms with E-state index >= 15 is 4.39 Å². The van der Waals surface area contributed by atoms with Crippen LogP contribution in [0.4, 0.5) is 25.3 Å². The number of piperazine rings is 1. The summed E-state index contributed by atoms with van der Waals surface area (Å²) in [6, 6.07) is 13.4. The van der Waals surface area contributed by atoms with E-state index in [4.69, 9.17) is 4.98 Å². The molecule has 0 radical (unpaired) electrons. The second-order valence-electron chi connectivity index (χ2n) is 9.68. The maximum absolute atomic E-state index is 15.6. The van der Waals surface area contributed by atoms with Crippen LogP contribution in [0.25, 0.3) is 22.2 Å². The van der Waals surface area contributed by atoms with Crippen LogP contribution in [0.3, 0.4) is 0 Å². The zero-order valence-electron chi connectivity index (χ0n) is 21.4. The number of hydrogen-bond donors (Lipinski definition) is 2. The highest BCUT2D eigenvalue weighted by Gasteiger charge is 2.24. The van der Waals surface area contributed by atoms with Gasteiger partial charge in [0.25, 0.3) is 0 Å². The van der Waals surface area contributed by atoms with Crippen LogP contribution in [-0.4, -0.2) is 54.4 Å². The molecule has 2 aromatic heterocycles. The predicted octanol–water partition coefficient (Wildman–Crippen LogP) is 5.17. The minimum absolute atomic E-state index is 0.00151. The first-order valence-electron chi connectivity index (χ1n) is 12.4. The number of thiazole rings is 1. The van der Waals surface area contributed by atoms with Gasteiger partial charge in [0, 0.05) is 55.1 Å². The van der Waals surface area contributed by atoms with Crippen molar-refractivity contribution in [1.82, 2.24) is 15.3 Å². The molecule has 3 heterocycles. The second kappa shape index (κ2) is 10.6. The van der Waals surface area contributed by atoms with E-state index in [1.165, 1.54) is 29.5 Å². The number of fused-ring (bicyclic) bond motifs is 1. The molecule has 0 unspecified atom stereocenters. The molecule has 0 aliphatic carbocycles. The van der Waals surface area contributed by atoms with Crippen LogP contribution >= 0.6 is 11.3 Å². The van der Waals surface area contributed by atoms with E-state index in [9.17, 15) is 14.8 Å². The molecule has 5 rings (SSSR count). The lowest BCUT2D eigenvalue weighted by molar-refractivity contribution is 0.235. The van der Waals surface area contributed by atoms with Crippen molar-refractivity contribution in [1.29, 1.82) is 5.26 Å². The number of aliphatic hydroxyl groups excluding tert-OH is 1. The zero-order valence-corrected chi connectivity index (χ0v) is 22.2. The van der Waals surface area contributed by atoms with Crippen LogP contribution < -0.4 is 15.1 Å². The summed E-state index contributed by atoms with van der Waals surface area (Å²) >= 11 is 1.22. The largest absolute Gasteiger partial charge is 0.395 e. The van der Waals surface area contributed by atoms with Crippen LogP contribution in [0.1, 0.15) is 30.3 Å². The molecule has 2 N–H and O–H groups in total. The first kappa shape index (κ1) is 26.0. The third-order valence-electron chi connectivity index (χ3n) is 6.77. The Morgan fingerprint density at radius 3 is 2.66 bits per heavy atom. The molecule has 0 bridgehead atoms. The van der Waals surface area contributed by atoms with Crippen LogP contribution in [0.5, 0.6) is 0 Å². The van der Waals surface area contributed by atoms with Crippen LogP contribution in [0.15, 0.2) is 42.5 Å². The highest BCUT2D eigenvalue weighted by molar-refractivity contribution is 7.16. The van der Waals surface area contributed by atoms with Crippen molar-refractivity contribution < 1.29 is 13.9 Å². The molecular weight excluding hydrogens is 506 g/mol. The van der Waals surface area contributed by atoms with Gasteiger partial charge < -0.3 is 20.2 Å². The molecule has 2 aromatic carbocycles. The van der Waals surface area contributed by atoms with Crippen molar-refractivity contribution >= 4 is 38.7 Å². The molecule has 1 fully saturated rings. The average molecular weight is 535 g/mol. The van der Waals surface area contributed by atoms with Gasteiger partial charge in [-0.1, -0.05) is 25.2 Å². The van der Waals surface area contributed by atoms with Gasteiger partial charge in [0.1, 0.15) is 28.0 Å². The third kappa shape index (κ3) is 4.92. The van der Waals surface area contributed by atoms with E-state index in [0.29, 0.717) is 52.0 Å². The molecule has 38 heavy (non-hydrogen) atoms. The number of anilines is 3. The Morgan fingerprint density at radius 1 is 1.21 bits per heavy atom. The monoisotopic (exact) mass is 534 g/mol. The van der Waals surface area contributed by atoms with Crippen molar-refractivity contribution in [2.45, 2.75) is 25.8 Å². The molecular formula is C28H28F2N6OS. The molecule has 1 aliphatic rings. The SMILES string of the molecule is CC(C)c1cc(N(C)c2nc(-c3ccc(F)cc3)c(C#N)s2)c2cc(N3CCN[C@H](CO)C3)cc(F)c2n1. The van der Waals surface area contributed by atoms with Gasteiger partial charge in [-0.25, -0.2) is 18.7 Å². The second-order valence-corrected chi connectivity index (χ2v) is 10.7. The van der Waals surface area contributed by atoms with E-state index in [1.54, 1.807) is 12.1 Å². The van der Waals surface area contributed by atoms with Crippen molar-refractivity contribution in [3.05, 3.63) is 64.7 Å². The number of nitrogens with one attached hydrogen (secondary N) is 1. The Labute approximate surface area is 224 Å². The number of aromatic nitrogens is 2. The lowest BCUT2D eigenvalue weighted by Gasteiger charge is -2.34. The fourth-order valence-electron chi connectivity index (χ4n) is 4.65. The topological polar surface area (TPSA) is 88.3 Å². The molecule has 196 valence electrons. The first-order chi connectivity index (χ1) is 18.3. The summed E-state index contributed by atoms with van der Waals surface area (Å²) in [6.07, 6.45) is 0. The number of aliphatic hydroxyl groups is 1. The van der Waals surface area contributed by atoms with E-state index in [-0.39, 0.29) is 29.9 Å². The fraction of sp³-hybridized carbons (Fsp3) is 0.321. The Kier molecular flexibility index (Phi) is 7.25. The van der Waals surface area contributed by atoms with Gasteiger partial charge >= 0.3 is 0 Å². The third-order valence-corrected chi connectivity index (χ3v) is 7.80. The zero-order chi connectivity index (χ0) is 27.0. The van der Waals surface area contributed by atoms with E-state index in [2.05, 4.69) is 21.3 Å². The highest BCUT2D eigenvalue weighted by Crippen LogP contribution is 2.40. The number of nitriles is 1. The minimum atomic E-state index is -0.419. The number of nitrogens with zero attached hydrogens (tertiary/aromatic N) is 5. The van der Waals surface area contributed by atoms with Gasteiger partial charge in [-0.15, -0.1) is 0 Å². The van der Waals surface area contributed by atoms with Crippen LogP contribution in [0.2, 0.25) is 0 Å². The summed E-state index contributed by atoms with van der Waals surface area (Å²) in [7, 11) is 1.84. The van der Waals surface area contributed by atoms with Gasteiger partial charge in [-0.2, -0.15) is 5.26 Å². The summed E-state index contributed by atoms with van der Waals surface area (Å²) in [4.78, 5) is 13.7. The maximum Gasteiger partial charge on any atom is 0.191 e. The van der Waals surface area contributed by atoms with Crippen molar-refractivity contribution in [2.75, 3.05) is 43.1 Å².